The topological polar surface area (TPSA) is 86.0 Å². The number of pyridine rings is 1. The molecule has 2 aromatic heterocycles. The van der Waals surface area contributed by atoms with E-state index in [1.807, 2.05) is 25.1 Å². The zero-order chi connectivity index (χ0) is 13.0. The number of rotatable bonds is 4. The van der Waals surface area contributed by atoms with Gasteiger partial charge in [0.05, 0.1) is 18.8 Å². The first-order valence-electron chi connectivity index (χ1n) is 5.54. The third kappa shape index (κ3) is 2.48. The highest BCUT2D eigenvalue weighted by molar-refractivity contribution is 5.61. The number of aromatic nitrogens is 3. The second kappa shape index (κ2) is 5.31. The molecule has 0 radical (unpaired) electrons. The van der Waals surface area contributed by atoms with Crippen LogP contribution in [-0.2, 0) is 0 Å². The molecule has 94 valence electrons. The minimum atomic E-state index is -0.00519. The Bertz CT molecular complexity index is 517. The summed E-state index contributed by atoms with van der Waals surface area (Å²) in [7, 11) is 1.53. The zero-order valence-corrected chi connectivity index (χ0v) is 10.3. The molecule has 3 N–H and O–H groups in total. The van der Waals surface area contributed by atoms with Gasteiger partial charge in [-0.05, 0) is 19.1 Å². The molecule has 0 aromatic carbocycles. The Hall–Kier alpha value is -2.37. The van der Waals surface area contributed by atoms with Crippen molar-refractivity contribution < 1.29 is 4.74 Å². The van der Waals surface area contributed by atoms with Crippen molar-refractivity contribution in [1.82, 2.24) is 15.0 Å². The van der Waals surface area contributed by atoms with Crippen LogP contribution in [-0.4, -0.2) is 22.1 Å². The van der Waals surface area contributed by atoms with Crippen LogP contribution in [0.2, 0.25) is 0 Å². The second-order valence-corrected chi connectivity index (χ2v) is 3.76. The normalized spacial score (nSPS) is 11.9. The fourth-order valence-corrected chi connectivity index (χ4v) is 1.60. The van der Waals surface area contributed by atoms with E-state index >= 15 is 0 Å². The lowest BCUT2D eigenvalue weighted by molar-refractivity contribution is 0.415. The van der Waals surface area contributed by atoms with Gasteiger partial charge in [0.1, 0.15) is 6.33 Å². The molecule has 0 spiro atoms. The quantitative estimate of drug-likeness (QED) is 0.851. The fraction of sp³-hybridized carbons (Fsp3) is 0.250. The number of nitrogens with one attached hydrogen (secondary N) is 1. The predicted octanol–water partition coefficient (Wildman–Crippen LogP) is 1.64. The van der Waals surface area contributed by atoms with Crippen molar-refractivity contribution in [3.8, 4) is 5.75 Å². The van der Waals surface area contributed by atoms with Gasteiger partial charge >= 0.3 is 0 Å². The van der Waals surface area contributed by atoms with E-state index in [1.54, 1.807) is 6.20 Å². The highest BCUT2D eigenvalue weighted by atomic mass is 16.5. The summed E-state index contributed by atoms with van der Waals surface area (Å²) in [6.07, 6.45) is 3.14. The first kappa shape index (κ1) is 12.1. The van der Waals surface area contributed by atoms with Gasteiger partial charge in [-0.2, -0.15) is 0 Å². The molecule has 2 heterocycles. The minimum absolute atomic E-state index is 0.00519. The van der Waals surface area contributed by atoms with Gasteiger partial charge in [0.25, 0.3) is 0 Å². The van der Waals surface area contributed by atoms with E-state index < -0.39 is 0 Å². The van der Waals surface area contributed by atoms with E-state index in [1.165, 1.54) is 13.4 Å². The number of anilines is 2. The molecule has 0 amide bonds. The summed E-state index contributed by atoms with van der Waals surface area (Å²) in [6, 6.07) is 5.75. The highest BCUT2D eigenvalue weighted by Crippen LogP contribution is 2.28. The van der Waals surface area contributed by atoms with Gasteiger partial charge in [-0.1, -0.05) is 6.07 Å². The van der Waals surface area contributed by atoms with Crippen LogP contribution in [0.4, 0.5) is 11.6 Å². The van der Waals surface area contributed by atoms with Crippen molar-refractivity contribution >= 4 is 11.6 Å². The van der Waals surface area contributed by atoms with Gasteiger partial charge in [-0.25, -0.2) is 9.97 Å². The van der Waals surface area contributed by atoms with Gasteiger partial charge in [0, 0.05) is 6.20 Å². The molecule has 0 bridgehead atoms. The number of nitrogens with zero attached hydrogens (tertiary/aromatic N) is 3. The van der Waals surface area contributed by atoms with Crippen molar-refractivity contribution in [3.05, 3.63) is 36.4 Å². The summed E-state index contributed by atoms with van der Waals surface area (Å²) in [4.78, 5) is 12.3. The van der Waals surface area contributed by atoms with Crippen molar-refractivity contribution in [3.63, 3.8) is 0 Å². The molecule has 18 heavy (non-hydrogen) atoms. The van der Waals surface area contributed by atoms with Crippen LogP contribution in [0.15, 0.2) is 30.7 Å². The maximum Gasteiger partial charge on any atom is 0.203 e. The molecule has 0 saturated carbocycles. The Labute approximate surface area is 105 Å². The van der Waals surface area contributed by atoms with E-state index in [9.17, 15) is 0 Å². The molecule has 1 atom stereocenters. The fourth-order valence-electron chi connectivity index (χ4n) is 1.60. The Morgan fingerprint density at radius 2 is 2.11 bits per heavy atom. The molecule has 6 nitrogen and oxygen atoms in total. The smallest absolute Gasteiger partial charge is 0.203 e. The Kier molecular flexibility index (Phi) is 3.57. The summed E-state index contributed by atoms with van der Waals surface area (Å²) in [5, 5.41) is 3.20. The predicted molar refractivity (Wildman–Crippen MR) is 69.3 cm³/mol. The van der Waals surface area contributed by atoms with Gasteiger partial charge in [-0.3, -0.25) is 4.98 Å². The maximum atomic E-state index is 5.71. The van der Waals surface area contributed by atoms with Gasteiger partial charge in [0.15, 0.2) is 11.6 Å². The molecular weight excluding hydrogens is 230 g/mol. The van der Waals surface area contributed by atoms with Crippen LogP contribution >= 0.6 is 0 Å². The summed E-state index contributed by atoms with van der Waals surface area (Å²) in [5.41, 5.74) is 6.63. The number of ether oxygens (including phenoxy) is 1. The van der Waals surface area contributed by atoms with Crippen molar-refractivity contribution in [1.29, 1.82) is 0 Å². The summed E-state index contributed by atoms with van der Waals surface area (Å²) >= 11 is 0. The summed E-state index contributed by atoms with van der Waals surface area (Å²) in [5.74, 6) is 1.31. The van der Waals surface area contributed by atoms with Crippen molar-refractivity contribution in [2.24, 2.45) is 0 Å². The Balaban J connectivity index is 2.22. The highest BCUT2D eigenvalue weighted by Gasteiger charge is 2.13. The number of methoxy groups -OCH3 is 1. The second-order valence-electron chi connectivity index (χ2n) is 3.76. The molecule has 1 unspecified atom stereocenters. The lowest BCUT2D eigenvalue weighted by Crippen LogP contribution is -2.11. The Morgan fingerprint density at radius 3 is 2.78 bits per heavy atom. The molecule has 0 saturated heterocycles. The minimum Gasteiger partial charge on any atom is -0.490 e. The average Bonchev–Trinajstić information content (AvgIpc) is 2.40. The molecule has 0 aliphatic carbocycles. The largest absolute Gasteiger partial charge is 0.490 e. The third-order valence-corrected chi connectivity index (χ3v) is 2.52. The van der Waals surface area contributed by atoms with E-state index in [2.05, 4.69) is 20.3 Å². The number of nitrogen functional groups attached to an aromatic ring is 1. The molecule has 2 rings (SSSR count). The van der Waals surface area contributed by atoms with Crippen LogP contribution in [0.3, 0.4) is 0 Å². The summed E-state index contributed by atoms with van der Waals surface area (Å²) in [6.45, 7) is 1.99. The van der Waals surface area contributed by atoms with Crippen LogP contribution in [0.1, 0.15) is 18.7 Å². The van der Waals surface area contributed by atoms with Crippen molar-refractivity contribution in [2.75, 3.05) is 18.2 Å². The maximum absolute atomic E-state index is 5.71. The monoisotopic (exact) mass is 245 g/mol. The number of hydrogen-bond donors (Lipinski definition) is 2. The Morgan fingerprint density at radius 1 is 1.28 bits per heavy atom. The van der Waals surface area contributed by atoms with Crippen LogP contribution in [0, 0.1) is 0 Å². The zero-order valence-electron chi connectivity index (χ0n) is 10.3. The lowest BCUT2D eigenvalue weighted by atomic mass is 10.2. The molecule has 0 aliphatic heterocycles. The van der Waals surface area contributed by atoms with Crippen LogP contribution in [0.25, 0.3) is 0 Å². The van der Waals surface area contributed by atoms with Crippen LogP contribution in [0.5, 0.6) is 5.75 Å². The molecule has 0 aliphatic rings. The number of nitrogens with two attached hydrogens (primary N) is 1. The first-order chi connectivity index (χ1) is 8.72. The first-order valence-corrected chi connectivity index (χ1v) is 5.54. The number of hydrogen-bond acceptors (Lipinski definition) is 6. The van der Waals surface area contributed by atoms with Crippen molar-refractivity contribution in [2.45, 2.75) is 13.0 Å². The summed E-state index contributed by atoms with van der Waals surface area (Å²) < 4.78 is 5.18. The van der Waals surface area contributed by atoms with E-state index in [0.717, 1.165) is 5.69 Å². The SMILES string of the molecule is COc1c(N)ncnc1NC(C)c1ccccn1. The van der Waals surface area contributed by atoms with E-state index in [4.69, 9.17) is 10.5 Å². The molecule has 6 heteroatoms. The molecule has 2 aromatic rings. The molecule has 0 fully saturated rings. The van der Waals surface area contributed by atoms with E-state index in [0.29, 0.717) is 17.4 Å². The third-order valence-electron chi connectivity index (χ3n) is 2.52. The molecular formula is C12H15N5O. The van der Waals surface area contributed by atoms with Gasteiger partial charge in [-0.15, -0.1) is 0 Å². The van der Waals surface area contributed by atoms with Gasteiger partial charge in [0.2, 0.25) is 5.75 Å². The average molecular weight is 245 g/mol. The van der Waals surface area contributed by atoms with E-state index in [-0.39, 0.29) is 6.04 Å². The van der Waals surface area contributed by atoms with Crippen LogP contribution < -0.4 is 15.8 Å². The standard InChI is InChI=1S/C12H15N5O/c1-8(9-5-3-4-6-14-9)17-12-10(18-2)11(13)15-7-16-12/h3-8H,1-2H3,(H3,13,15,16,17). The lowest BCUT2D eigenvalue weighted by Gasteiger charge is -2.16. The van der Waals surface area contributed by atoms with Gasteiger partial charge < -0.3 is 15.8 Å².